The fourth-order valence-corrected chi connectivity index (χ4v) is 2.27. The van der Waals surface area contributed by atoms with Gasteiger partial charge < -0.3 is 5.32 Å². The number of nitriles is 1. The van der Waals surface area contributed by atoms with Crippen LogP contribution in [0.3, 0.4) is 0 Å². The van der Waals surface area contributed by atoms with Gasteiger partial charge in [-0.25, -0.2) is 4.39 Å². The molecule has 0 bridgehead atoms. The van der Waals surface area contributed by atoms with Gasteiger partial charge in [0.15, 0.2) is 0 Å². The van der Waals surface area contributed by atoms with E-state index >= 15 is 0 Å². The van der Waals surface area contributed by atoms with Crippen molar-refractivity contribution in [1.29, 1.82) is 5.26 Å². The van der Waals surface area contributed by atoms with Crippen LogP contribution < -0.4 is 5.32 Å². The van der Waals surface area contributed by atoms with E-state index in [-0.39, 0.29) is 5.82 Å². The lowest BCUT2D eigenvalue weighted by molar-refractivity contribution is 0.627. The zero-order chi connectivity index (χ0) is 13.0. The number of hydrogen-bond donors (Lipinski definition) is 1. The Labute approximate surface area is 119 Å². The van der Waals surface area contributed by atoms with Gasteiger partial charge in [0.05, 0.1) is 11.6 Å². The van der Waals surface area contributed by atoms with Crippen LogP contribution in [0.5, 0.6) is 0 Å². The fourth-order valence-electron chi connectivity index (χ4n) is 1.61. The number of halogens is 2. The van der Waals surface area contributed by atoms with Crippen molar-refractivity contribution in [2.24, 2.45) is 0 Å². The molecule has 0 aromatic heterocycles. The van der Waals surface area contributed by atoms with Crippen molar-refractivity contribution < 1.29 is 4.39 Å². The maximum Gasteiger partial charge on any atom is 0.124 e. The first-order chi connectivity index (χ1) is 8.70. The molecule has 2 aromatic rings. The van der Waals surface area contributed by atoms with E-state index in [2.05, 4.69) is 34.0 Å². The van der Waals surface area contributed by atoms with Gasteiger partial charge in [-0.3, -0.25) is 0 Å². The molecule has 0 heterocycles. The summed E-state index contributed by atoms with van der Waals surface area (Å²) < 4.78 is 13.8. The normalized spacial score (nSPS) is 9.83. The summed E-state index contributed by atoms with van der Waals surface area (Å²) in [6.07, 6.45) is 0. The third-order valence-corrected chi connectivity index (χ3v) is 3.43. The van der Waals surface area contributed by atoms with Crippen LogP contribution in [0.25, 0.3) is 0 Å². The maximum absolute atomic E-state index is 13.0. The molecule has 18 heavy (non-hydrogen) atoms. The van der Waals surface area contributed by atoms with Crippen molar-refractivity contribution in [1.82, 2.24) is 0 Å². The van der Waals surface area contributed by atoms with Crippen LogP contribution in [0.1, 0.15) is 11.1 Å². The summed E-state index contributed by atoms with van der Waals surface area (Å²) in [4.78, 5) is 0. The standard InChI is InChI=1S/C14H10FIN2/c15-12-5-6-14(13(16)7-12)18-9-11-4-2-1-3-10(11)8-17/h1-7,18H,9H2. The largest absolute Gasteiger partial charge is 0.380 e. The zero-order valence-corrected chi connectivity index (χ0v) is 11.6. The SMILES string of the molecule is N#Cc1ccccc1CNc1ccc(F)cc1I. The Balaban J connectivity index is 2.14. The molecule has 2 nitrogen and oxygen atoms in total. The fraction of sp³-hybridized carbons (Fsp3) is 0.0714. The van der Waals surface area contributed by atoms with Crippen LogP contribution in [0.2, 0.25) is 0 Å². The first-order valence-electron chi connectivity index (χ1n) is 5.37. The number of nitrogens with zero attached hydrogens (tertiary/aromatic N) is 1. The molecule has 0 atom stereocenters. The summed E-state index contributed by atoms with van der Waals surface area (Å²) in [5.74, 6) is -0.248. The summed E-state index contributed by atoms with van der Waals surface area (Å²) in [5, 5.41) is 12.2. The molecule has 0 aliphatic carbocycles. The van der Waals surface area contributed by atoms with Crippen LogP contribution in [0.15, 0.2) is 42.5 Å². The number of anilines is 1. The van der Waals surface area contributed by atoms with Gasteiger partial charge >= 0.3 is 0 Å². The highest BCUT2D eigenvalue weighted by molar-refractivity contribution is 14.1. The molecule has 0 spiro atoms. The topological polar surface area (TPSA) is 35.8 Å². The molecule has 0 saturated carbocycles. The predicted octanol–water partition coefficient (Wildman–Crippen LogP) is 3.91. The Kier molecular flexibility index (Phi) is 4.15. The van der Waals surface area contributed by atoms with Crippen molar-refractivity contribution >= 4 is 28.3 Å². The summed E-state index contributed by atoms with van der Waals surface area (Å²) in [5.41, 5.74) is 2.45. The van der Waals surface area contributed by atoms with Gasteiger partial charge in [-0.2, -0.15) is 5.26 Å². The average molecular weight is 352 g/mol. The number of benzene rings is 2. The average Bonchev–Trinajstić information content (AvgIpc) is 2.38. The molecule has 4 heteroatoms. The van der Waals surface area contributed by atoms with Gasteiger partial charge in [0, 0.05) is 15.8 Å². The Bertz CT molecular complexity index is 605. The third-order valence-electron chi connectivity index (χ3n) is 2.54. The number of nitrogens with one attached hydrogen (secondary N) is 1. The van der Waals surface area contributed by atoms with Gasteiger partial charge in [0.25, 0.3) is 0 Å². The van der Waals surface area contributed by atoms with Crippen molar-refractivity contribution in [3.05, 3.63) is 63.0 Å². The Morgan fingerprint density at radius 2 is 2.00 bits per heavy atom. The van der Waals surface area contributed by atoms with E-state index in [1.165, 1.54) is 12.1 Å². The Hall–Kier alpha value is -1.61. The highest BCUT2D eigenvalue weighted by Gasteiger charge is 2.03. The summed E-state index contributed by atoms with van der Waals surface area (Å²) in [6.45, 7) is 0.547. The lowest BCUT2D eigenvalue weighted by Gasteiger charge is -2.09. The second kappa shape index (κ2) is 5.83. The van der Waals surface area contributed by atoms with Crippen LogP contribution >= 0.6 is 22.6 Å². The quantitative estimate of drug-likeness (QED) is 0.851. The third kappa shape index (κ3) is 2.99. The van der Waals surface area contributed by atoms with E-state index in [0.29, 0.717) is 12.1 Å². The molecular weight excluding hydrogens is 342 g/mol. The van der Waals surface area contributed by atoms with Crippen molar-refractivity contribution in [3.63, 3.8) is 0 Å². The van der Waals surface area contributed by atoms with E-state index in [1.54, 1.807) is 12.1 Å². The predicted molar refractivity (Wildman–Crippen MR) is 77.6 cm³/mol. The molecule has 0 aliphatic rings. The van der Waals surface area contributed by atoms with Gasteiger partial charge in [0.2, 0.25) is 0 Å². The lowest BCUT2D eigenvalue weighted by atomic mass is 10.1. The molecular formula is C14H10FIN2. The summed E-state index contributed by atoms with van der Waals surface area (Å²) in [6, 6.07) is 14.2. The molecule has 0 aliphatic heterocycles. The maximum atomic E-state index is 13.0. The second-order valence-corrected chi connectivity index (χ2v) is 4.91. The van der Waals surface area contributed by atoms with Crippen molar-refractivity contribution in [2.45, 2.75) is 6.54 Å². The summed E-state index contributed by atoms with van der Waals surface area (Å²) in [7, 11) is 0. The first-order valence-corrected chi connectivity index (χ1v) is 6.45. The van der Waals surface area contributed by atoms with E-state index in [1.807, 2.05) is 18.2 Å². The molecule has 0 radical (unpaired) electrons. The highest BCUT2D eigenvalue weighted by atomic mass is 127. The summed E-state index contributed by atoms with van der Waals surface area (Å²) >= 11 is 2.08. The van der Waals surface area contributed by atoms with Gasteiger partial charge in [-0.05, 0) is 52.4 Å². The van der Waals surface area contributed by atoms with Crippen LogP contribution in [0.4, 0.5) is 10.1 Å². The van der Waals surface area contributed by atoms with Crippen LogP contribution in [-0.2, 0) is 6.54 Å². The minimum Gasteiger partial charge on any atom is -0.380 e. The molecule has 1 N–H and O–H groups in total. The van der Waals surface area contributed by atoms with Crippen molar-refractivity contribution in [2.75, 3.05) is 5.32 Å². The van der Waals surface area contributed by atoms with Gasteiger partial charge in [-0.15, -0.1) is 0 Å². The van der Waals surface area contributed by atoms with Gasteiger partial charge in [-0.1, -0.05) is 18.2 Å². The van der Waals surface area contributed by atoms with E-state index in [4.69, 9.17) is 5.26 Å². The van der Waals surface area contributed by atoms with E-state index in [0.717, 1.165) is 14.8 Å². The van der Waals surface area contributed by atoms with Crippen LogP contribution in [0, 0.1) is 20.7 Å². The van der Waals surface area contributed by atoms with Crippen LogP contribution in [-0.4, -0.2) is 0 Å². The molecule has 0 unspecified atom stereocenters. The number of rotatable bonds is 3. The molecule has 0 saturated heterocycles. The smallest absolute Gasteiger partial charge is 0.124 e. The zero-order valence-electron chi connectivity index (χ0n) is 9.45. The van der Waals surface area contributed by atoms with E-state index in [9.17, 15) is 4.39 Å². The van der Waals surface area contributed by atoms with E-state index < -0.39 is 0 Å². The monoisotopic (exact) mass is 352 g/mol. The second-order valence-electron chi connectivity index (χ2n) is 3.75. The number of hydrogen-bond acceptors (Lipinski definition) is 2. The Morgan fingerprint density at radius 1 is 1.22 bits per heavy atom. The molecule has 0 fully saturated rings. The molecule has 0 amide bonds. The highest BCUT2D eigenvalue weighted by Crippen LogP contribution is 2.20. The van der Waals surface area contributed by atoms with Crippen molar-refractivity contribution in [3.8, 4) is 6.07 Å². The minimum atomic E-state index is -0.248. The van der Waals surface area contributed by atoms with Gasteiger partial charge in [0.1, 0.15) is 5.82 Å². The molecule has 90 valence electrons. The Morgan fingerprint density at radius 3 is 2.72 bits per heavy atom. The lowest BCUT2D eigenvalue weighted by Crippen LogP contribution is -2.03. The molecule has 2 aromatic carbocycles. The first kappa shape index (κ1) is 12.8. The molecule has 2 rings (SSSR count). The minimum absolute atomic E-state index is 0.248.